The van der Waals surface area contributed by atoms with Crippen molar-refractivity contribution >= 4 is 28.2 Å². The van der Waals surface area contributed by atoms with Crippen LogP contribution in [0.4, 0.5) is 0 Å². The summed E-state index contributed by atoms with van der Waals surface area (Å²) in [6.07, 6.45) is 1.98. The van der Waals surface area contributed by atoms with Crippen LogP contribution in [-0.4, -0.2) is 4.20 Å². The molecule has 0 N–H and O–H groups in total. The molecule has 0 saturated carbocycles. The maximum Gasteiger partial charge on any atom is 0.0490 e. The number of thioether (sulfide) groups is 1. The lowest BCUT2D eigenvalue weighted by atomic mass is 10.0. The number of rotatable bonds is 5. The van der Waals surface area contributed by atoms with Crippen molar-refractivity contribution in [2.24, 2.45) is 0 Å². The molecule has 2 aromatic rings. The third-order valence-electron chi connectivity index (χ3n) is 3.30. The second kappa shape index (κ2) is 7.05. The molecule has 0 aliphatic heterocycles. The maximum atomic E-state index is 5.56. The molecule has 2 rings (SSSR count). The van der Waals surface area contributed by atoms with Crippen LogP contribution in [0, 0.1) is 0 Å². The van der Waals surface area contributed by atoms with Gasteiger partial charge in [0.05, 0.1) is 0 Å². The summed E-state index contributed by atoms with van der Waals surface area (Å²) < 4.78 is 1.12. The lowest BCUT2D eigenvalue weighted by molar-refractivity contribution is 0.787. The van der Waals surface area contributed by atoms with Crippen LogP contribution in [0.25, 0.3) is 0 Å². The van der Waals surface area contributed by atoms with Crippen molar-refractivity contribution in [3.63, 3.8) is 0 Å². The lowest BCUT2D eigenvalue weighted by Crippen LogP contribution is -2.14. The highest BCUT2D eigenvalue weighted by molar-refractivity contribution is 8.23. The van der Waals surface area contributed by atoms with Crippen LogP contribution in [0.3, 0.4) is 0 Å². The normalized spacial score (nSPS) is 11.3. The Kier molecular flexibility index (Phi) is 5.38. The lowest BCUT2D eigenvalue weighted by Gasteiger charge is -2.25. The van der Waals surface area contributed by atoms with E-state index in [1.54, 1.807) is 11.8 Å². The Labute approximate surface area is 131 Å². The Morgan fingerprint density at radius 1 is 0.950 bits per heavy atom. The van der Waals surface area contributed by atoms with Crippen molar-refractivity contribution in [3.05, 3.63) is 71.8 Å². The molecule has 20 heavy (non-hydrogen) atoms. The molecule has 0 amide bonds. The molecule has 0 spiro atoms. The summed E-state index contributed by atoms with van der Waals surface area (Å²) in [4.78, 5) is 0. The van der Waals surface area contributed by atoms with Gasteiger partial charge in [0.15, 0.2) is 0 Å². The van der Waals surface area contributed by atoms with Crippen LogP contribution >= 0.6 is 24.0 Å². The Hall–Kier alpha value is -1.12. The van der Waals surface area contributed by atoms with E-state index in [4.69, 9.17) is 12.2 Å². The molecule has 0 atom stereocenters. The van der Waals surface area contributed by atoms with Crippen molar-refractivity contribution in [3.8, 4) is 0 Å². The van der Waals surface area contributed by atoms with E-state index in [0.717, 1.165) is 17.0 Å². The quantitative estimate of drug-likeness (QED) is 0.658. The predicted octanol–water partition coefficient (Wildman–Crippen LogP) is 5.62. The molecule has 0 aliphatic rings. The highest BCUT2D eigenvalue weighted by Gasteiger charge is 2.22. The highest BCUT2D eigenvalue weighted by Crippen LogP contribution is 2.37. The average molecular weight is 300 g/mol. The molecular weight excluding hydrogens is 280 g/mol. The number of hydrogen-bond acceptors (Lipinski definition) is 2. The van der Waals surface area contributed by atoms with Gasteiger partial charge >= 0.3 is 0 Å². The number of thiocarbonyl (C=S) groups is 1. The minimum Gasteiger partial charge on any atom is -0.108 e. The van der Waals surface area contributed by atoms with Gasteiger partial charge in [-0.2, -0.15) is 0 Å². The summed E-state index contributed by atoms with van der Waals surface area (Å²) >= 11 is 7.37. The summed E-state index contributed by atoms with van der Waals surface area (Å²) in [5.41, 5.74) is 2.68. The number of benzene rings is 2. The zero-order valence-electron chi connectivity index (χ0n) is 12.0. The van der Waals surface area contributed by atoms with E-state index < -0.39 is 0 Å². The number of aryl methyl sites for hydroxylation is 1. The first-order valence-corrected chi connectivity index (χ1v) is 8.12. The molecule has 0 aliphatic carbocycles. The maximum absolute atomic E-state index is 5.56. The van der Waals surface area contributed by atoms with Crippen LogP contribution < -0.4 is 0 Å². The molecule has 0 aromatic heterocycles. The van der Waals surface area contributed by atoms with Crippen LogP contribution in [-0.2, 0) is 11.2 Å². The molecule has 0 saturated heterocycles. The second-order valence-electron chi connectivity index (χ2n) is 5.34. The van der Waals surface area contributed by atoms with E-state index in [2.05, 4.69) is 74.5 Å². The Bertz CT molecular complexity index is 544. The Morgan fingerprint density at radius 3 is 2.10 bits per heavy atom. The van der Waals surface area contributed by atoms with Gasteiger partial charge in [-0.3, -0.25) is 0 Å². The molecule has 2 aromatic carbocycles. The fourth-order valence-electron chi connectivity index (χ4n) is 2.13. The summed E-state index contributed by atoms with van der Waals surface area (Å²) in [6, 6.07) is 21.1. The number of hydrogen-bond donors (Lipinski definition) is 0. The van der Waals surface area contributed by atoms with E-state index in [9.17, 15) is 0 Å². The molecule has 0 fully saturated rings. The minimum atomic E-state index is 0.0367. The standard InChI is InChI=1S/C18H20S2/c1-18(2,16-11-7-4-8-12-16)20-17(19)14-13-15-9-5-3-6-10-15/h3-12H,13-14H2,1-2H3. The molecular formula is C18H20S2. The van der Waals surface area contributed by atoms with Crippen LogP contribution in [0.5, 0.6) is 0 Å². The van der Waals surface area contributed by atoms with Crippen molar-refractivity contribution in [2.45, 2.75) is 31.4 Å². The predicted molar refractivity (Wildman–Crippen MR) is 94.4 cm³/mol. The van der Waals surface area contributed by atoms with Gasteiger partial charge in [0, 0.05) is 8.94 Å². The van der Waals surface area contributed by atoms with Gasteiger partial charge in [-0.1, -0.05) is 72.9 Å². The molecule has 0 nitrogen and oxygen atoms in total. The third-order valence-corrected chi connectivity index (χ3v) is 4.93. The van der Waals surface area contributed by atoms with Crippen LogP contribution in [0.1, 0.15) is 31.4 Å². The zero-order chi connectivity index (χ0) is 14.4. The summed E-state index contributed by atoms with van der Waals surface area (Å²) in [5.74, 6) is 0. The van der Waals surface area contributed by atoms with Crippen LogP contribution in [0.2, 0.25) is 0 Å². The van der Waals surface area contributed by atoms with Crippen molar-refractivity contribution < 1.29 is 0 Å². The van der Waals surface area contributed by atoms with Gasteiger partial charge < -0.3 is 0 Å². The Morgan fingerprint density at radius 2 is 1.50 bits per heavy atom. The van der Waals surface area contributed by atoms with E-state index in [0.29, 0.717) is 0 Å². The first kappa shape index (κ1) is 15.3. The highest BCUT2D eigenvalue weighted by atomic mass is 32.2. The molecule has 0 unspecified atom stereocenters. The fourth-order valence-corrected chi connectivity index (χ4v) is 3.88. The van der Waals surface area contributed by atoms with Gasteiger partial charge in [-0.05, 0) is 37.8 Å². The van der Waals surface area contributed by atoms with Gasteiger partial charge in [0.2, 0.25) is 0 Å². The van der Waals surface area contributed by atoms with Gasteiger partial charge in [-0.25, -0.2) is 0 Å². The summed E-state index contributed by atoms with van der Waals surface area (Å²) in [6.45, 7) is 4.48. The molecule has 0 heterocycles. The summed E-state index contributed by atoms with van der Waals surface area (Å²) in [5, 5.41) is 0. The second-order valence-corrected chi connectivity index (χ2v) is 7.80. The summed E-state index contributed by atoms with van der Waals surface area (Å²) in [7, 11) is 0. The topological polar surface area (TPSA) is 0 Å². The average Bonchev–Trinajstić information content (AvgIpc) is 2.47. The smallest absolute Gasteiger partial charge is 0.0490 e. The van der Waals surface area contributed by atoms with E-state index in [1.807, 2.05) is 0 Å². The van der Waals surface area contributed by atoms with E-state index in [-0.39, 0.29) is 4.75 Å². The van der Waals surface area contributed by atoms with Gasteiger partial charge in [0.1, 0.15) is 0 Å². The van der Waals surface area contributed by atoms with Crippen molar-refractivity contribution in [1.29, 1.82) is 0 Å². The zero-order valence-corrected chi connectivity index (χ0v) is 13.6. The molecule has 104 valence electrons. The van der Waals surface area contributed by atoms with Crippen molar-refractivity contribution in [1.82, 2.24) is 0 Å². The molecule has 0 bridgehead atoms. The van der Waals surface area contributed by atoms with Crippen molar-refractivity contribution in [2.75, 3.05) is 0 Å². The SMILES string of the molecule is CC(C)(SC(=S)CCc1ccccc1)c1ccccc1. The fraction of sp³-hybridized carbons (Fsp3) is 0.278. The van der Waals surface area contributed by atoms with Crippen LogP contribution in [0.15, 0.2) is 60.7 Å². The van der Waals surface area contributed by atoms with E-state index >= 15 is 0 Å². The Balaban J connectivity index is 1.91. The monoisotopic (exact) mass is 300 g/mol. The minimum absolute atomic E-state index is 0.0367. The first-order valence-electron chi connectivity index (χ1n) is 6.89. The van der Waals surface area contributed by atoms with Gasteiger partial charge in [-0.15, -0.1) is 11.8 Å². The molecule has 2 heteroatoms. The third kappa shape index (κ3) is 4.46. The first-order chi connectivity index (χ1) is 9.58. The van der Waals surface area contributed by atoms with E-state index in [1.165, 1.54) is 11.1 Å². The van der Waals surface area contributed by atoms with Gasteiger partial charge in [0.25, 0.3) is 0 Å². The molecule has 0 radical (unpaired) electrons. The largest absolute Gasteiger partial charge is 0.108 e.